The molecule has 49 heavy (non-hydrogen) atoms. The number of halogens is 3. The number of carbonyl (C=O) groups excluding carboxylic acids is 2. The summed E-state index contributed by atoms with van der Waals surface area (Å²) >= 11 is 11.9. The molecule has 14 heteroatoms. The standard InChI is InChI=1S/C35H31Br3N2O8S/c1-5-45-27-16-22(9-12-26(27)47-18-29(41)44-4)31-30(34(43)46-6-2)19(3)39-35-40(31)33(42)28(49-35)15-21-13-24(37)32(25(38)14-21)48-17-20-7-10-23(36)11-8-20/h7-16,31H,5-6,17-18H2,1-4H3/b28-15-/t31-/m0/s1. The summed E-state index contributed by atoms with van der Waals surface area (Å²) < 4.78 is 32.0. The van der Waals surface area contributed by atoms with Crippen molar-refractivity contribution in [1.29, 1.82) is 0 Å². The monoisotopic (exact) mass is 876 g/mol. The van der Waals surface area contributed by atoms with Crippen molar-refractivity contribution < 1.29 is 33.3 Å². The minimum atomic E-state index is -0.876. The second kappa shape index (κ2) is 16.3. The van der Waals surface area contributed by atoms with Crippen molar-refractivity contribution in [2.45, 2.75) is 33.4 Å². The van der Waals surface area contributed by atoms with Crippen molar-refractivity contribution in [3.63, 3.8) is 0 Å². The van der Waals surface area contributed by atoms with E-state index in [-0.39, 0.29) is 24.3 Å². The largest absolute Gasteiger partial charge is 0.490 e. The van der Waals surface area contributed by atoms with Crippen LogP contribution in [0.1, 0.15) is 43.5 Å². The predicted octanol–water partition coefficient (Wildman–Crippen LogP) is 6.62. The molecule has 0 radical (unpaired) electrons. The molecule has 256 valence electrons. The molecule has 10 nitrogen and oxygen atoms in total. The van der Waals surface area contributed by atoms with Gasteiger partial charge in [-0.15, -0.1) is 0 Å². The Kier molecular flexibility index (Phi) is 12.2. The fraction of sp³-hybridized carbons (Fsp3) is 0.257. The van der Waals surface area contributed by atoms with Crippen molar-refractivity contribution in [3.8, 4) is 17.2 Å². The van der Waals surface area contributed by atoms with Gasteiger partial charge in [-0.05, 0) is 112 Å². The van der Waals surface area contributed by atoms with Crippen molar-refractivity contribution in [1.82, 2.24) is 4.57 Å². The molecule has 1 aliphatic heterocycles. The first kappa shape index (κ1) is 36.6. The normalized spacial score (nSPS) is 14.2. The summed E-state index contributed by atoms with van der Waals surface area (Å²) in [5.74, 6) is 0.131. The first-order valence-corrected chi connectivity index (χ1v) is 18.3. The molecule has 0 bridgehead atoms. The summed E-state index contributed by atoms with van der Waals surface area (Å²) in [5, 5.41) is 0. The SMILES string of the molecule is CCOC(=O)C1=C(C)N=c2s/c(=C\c3cc(Br)c(OCc4ccc(Br)cc4)c(Br)c3)c(=O)n2[C@H]1c1ccc(OCC(=O)OC)c(OCC)c1. The zero-order chi connectivity index (χ0) is 35.2. The van der Waals surface area contributed by atoms with E-state index in [1.807, 2.05) is 43.3 Å². The molecule has 1 aromatic heterocycles. The molecule has 0 saturated carbocycles. The number of thiazole rings is 1. The van der Waals surface area contributed by atoms with Crippen LogP contribution in [0.2, 0.25) is 0 Å². The number of benzene rings is 3. The maximum absolute atomic E-state index is 14.2. The summed E-state index contributed by atoms with van der Waals surface area (Å²) in [6.45, 7) is 5.74. The second-order valence-electron chi connectivity index (χ2n) is 10.5. The zero-order valence-electron chi connectivity index (χ0n) is 26.9. The van der Waals surface area contributed by atoms with Gasteiger partial charge in [0, 0.05) is 4.47 Å². The average Bonchev–Trinajstić information content (AvgIpc) is 3.37. The van der Waals surface area contributed by atoms with E-state index in [1.165, 1.54) is 23.0 Å². The van der Waals surface area contributed by atoms with E-state index in [1.54, 1.807) is 38.1 Å². The lowest BCUT2D eigenvalue weighted by molar-refractivity contribution is -0.143. The maximum Gasteiger partial charge on any atom is 0.343 e. The summed E-state index contributed by atoms with van der Waals surface area (Å²) in [4.78, 5) is 44.4. The van der Waals surface area contributed by atoms with E-state index in [4.69, 9.17) is 18.9 Å². The minimum absolute atomic E-state index is 0.143. The Bertz CT molecular complexity index is 2090. The predicted molar refractivity (Wildman–Crippen MR) is 196 cm³/mol. The number of nitrogens with zero attached hydrogens (tertiary/aromatic N) is 2. The van der Waals surface area contributed by atoms with Crippen LogP contribution in [-0.4, -0.2) is 43.4 Å². The lowest BCUT2D eigenvalue weighted by Gasteiger charge is -2.25. The summed E-state index contributed by atoms with van der Waals surface area (Å²) in [5.41, 5.74) is 2.63. The Hall–Kier alpha value is -3.72. The minimum Gasteiger partial charge on any atom is -0.490 e. The Morgan fingerprint density at radius 3 is 2.31 bits per heavy atom. The van der Waals surface area contributed by atoms with Crippen molar-refractivity contribution in [2.75, 3.05) is 26.9 Å². The van der Waals surface area contributed by atoms with E-state index in [0.29, 0.717) is 60.0 Å². The Morgan fingerprint density at radius 2 is 1.65 bits per heavy atom. The molecule has 2 heterocycles. The summed E-state index contributed by atoms with van der Waals surface area (Å²) in [6.07, 6.45) is 1.77. The van der Waals surface area contributed by atoms with Crippen molar-refractivity contribution in [2.24, 2.45) is 4.99 Å². The van der Waals surface area contributed by atoms with Gasteiger partial charge in [0.05, 0.1) is 51.1 Å². The second-order valence-corrected chi connectivity index (χ2v) is 14.2. The number of esters is 2. The lowest BCUT2D eigenvalue weighted by atomic mass is 9.95. The molecule has 0 aliphatic carbocycles. The highest BCUT2D eigenvalue weighted by Crippen LogP contribution is 2.37. The third kappa shape index (κ3) is 8.36. The van der Waals surface area contributed by atoms with Gasteiger partial charge in [0.15, 0.2) is 22.9 Å². The van der Waals surface area contributed by atoms with Gasteiger partial charge in [0.2, 0.25) is 0 Å². The summed E-state index contributed by atoms with van der Waals surface area (Å²) in [7, 11) is 1.27. The molecule has 0 N–H and O–H groups in total. The Morgan fingerprint density at radius 1 is 0.939 bits per heavy atom. The fourth-order valence-corrected chi connectivity index (χ4v) is 7.83. The first-order chi connectivity index (χ1) is 23.5. The highest BCUT2D eigenvalue weighted by Gasteiger charge is 2.34. The smallest absolute Gasteiger partial charge is 0.343 e. The Labute approximate surface area is 311 Å². The van der Waals surface area contributed by atoms with Crippen LogP contribution in [-0.2, 0) is 25.7 Å². The highest BCUT2D eigenvalue weighted by atomic mass is 79.9. The third-order valence-electron chi connectivity index (χ3n) is 7.29. The van der Waals surface area contributed by atoms with Crippen molar-refractivity contribution >= 4 is 77.1 Å². The van der Waals surface area contributed by atoms with Crippen LogP contribution < -0.4 is 29.1 Å². The molecule has 4 aromatic rings. The summed E-state index contributed by atoms with van der Waals surface area (Å²) in [6, 6.07) is 15.8. The molecule has 0 amide bonds. The number of allylic oxidation sites excluding steroid dienone is 1. The molecule has 3 aromatic carbocycles. The number of aromatic nitrogens is 1. The van der Waals surface area contributed by atoms with E-state index >= 15 is 0 Å². The number of carbonyl (C=O) groups is 2. The highest BCUT2D eigenvalue weighted by molar-refractivity contribution is 9.11. The van der Waals surface area contributed by atoms with Crippen LogP contribution in [0, 0.1) is 0 Å². The van der Waals surface area contributed by atoms with Gasteiger partial charge in [0.1, 0.15) is 12.4 Å². The lowest BCUT2D eigenvalue weighted by Crippen LogP contribution is -2.40. The van der Waals surface area contributed by atoms with E-state index < -0.39 is 18.0 Å². The molecular formula is C35H31Br3N2O8S. The van der Waals surface area contributed by atoms with E-state index in [0.717, 1.165) is 15.6 Å². The number of ether oxygens (including phenoxy) is 5. The molecule has 0 saturated heterocycles. The van der Waals surface area contributed by atoms with Gasteiger partial charge in [0.25, 0.3) is 5.56 Å². The van der Waals surface area contributed by atoms with Crippen LogP contribution in [0.15, 0.2) is 89.1 Å². The van der Waals surface area contributed by atoms with Gasteiger partial charge in [-0.2, -0.15) is 0 Å². The number of hydrogen-bond donors (Lipinski definition) is 0. The zero-order valence-corrected chi connectivity index (χ0v) is 32.5. The average molecular weight is 879 g/mol. The number of methoxy groups -OCH3 is 1. The number of hydrogen-bond acceptors (Lipinski definition) is 10. The van der Waals surface area contributed by atoms with Crippen LogP contribution in [0.5, 0.6) is 17.2 Å². The van der Waals surface area contributed by atoms with E-state index in [2.05, 4.69) is 57.5 Å². The maximum atomic E-state index is 14.2. The third-order valence-corrected chi connectivity index (χ3v) is 9.98. The van der Waals surface area contributed by atoms with Crippen molar-refractivity contribution in [3.05, 3.63) is 116 Å². The van der Waals surface area contributed by atoms with Gasteiger partial charge >= 0.3 is 11.9 Å². The number of fused-ring (bicyclic) bond motifs is 1. The molecule has 0 fully saturated rings. The van der Waals surface area contributed by atoms with Crippen LogP contribution >= 0.6 is 59.1 Å². The van der Waals surface area contributed by atoms with Gasteiger partial charge < -0.3 is 23.7 Å². The van der Waals surface area contributed by atoms with Gasteiger partial charge in [-0.1, -0.05) is 45.5 Å². The van der Waals surface area contributed by atoms with Crippen LogP contribution in [0.25, 0.3) is 6.08 Å². The Balaban J connectivity index is 1.56. The quantitative estimate of drug-likeness (QED) is 0.146. The van der Waals surface area contributed by atoms with Gasteiger partial charge in [-0.3, -0.25) is 9.36 Å². The molecular weight excluding hydrogens is 848 g/mol. The van der Waals surface area contributed by atoms with E-state index in [9.17, 15) is 14.4 Å². The van der Waals surface area contributed by atoms with Gasteiger partial charge in [-0.25, -0.2) is 14.6 Å². The molecule has 5 rings (SSSR count). The first-order valence-electron chi connectivity index (χ1n) is 15.1. The molecule has 0 unspecified atom stereocenters. The van der Waals surface area contributed by atoms with Crippen LogP contribution in [0.3, 0.4) is 0 Å². The van der Waals surface area contributed by atoms with Crippen LogP contribution in [0.4, 0.5) is 0 Å². The number of rotatable bonds is 12. The molecule has 1 atom stereocenters. The molecule has 1 aliphatic rings. The fourth-order valence-electron chi connectivity index (χ4n) is 5.07. The molecule has 0 spiro atoms. The topological polar surface area (TPSA) is 115 Å².